The fourth-order valence-electron chi connectivity index (χ4n) is 1.15. The van der Waals surface area contributed by atoms with Gasteiger partial charge in [0.15, 0.2) is 0 Å². The van der Waals surface area contributed by atoms with Crippen LogP contribution in [0.2, 0.25) is 0 Å². The Kier molecular flexibility index (Phi) is 74.8. The maximum absolute atomic E-state index is 9.96. The average Bonchev–Trinajstić information content (AvgIpc) is 2.94. The highest BCUT2D eigenvalue weighted by molar-refractivity contribution is 5.68. The molecule has 6 heteroatoms. The molecule has 0 heterocycles. The molecule has 0 fully saturated rings. The molecular weight excluding hydrogens is 424 g/mol. The molecule has 0 spiro atoms. The van der Waals surface area contributed by atoms with Crippen molar-refractivity contribution in [3.8, 4) is 6.07 Å². The minimum absolute atomic E-state index is 0.157. The average molecular weight is 477 g/mol. The fraction of sp³-hybridized carbons (Fsp3) is 0.464. The number of aliphatic imine (C=N–C) groups is 1. The lowest BCUT2D eigenvalue weighted by atomic mass is 10.4. The van der Waals surface area contributed by atoms with Crippen molar-refractivity contribution < 1.29 is 9.53 Å². The number of carbonyl (C=O) groups excluding carboxylic acids is 1. The molecule has 0 atom stereocenters. The van der Waals surface area contributed by atoms with Gasteiger partial charge in [-0.3, -0.25) is 9.79 Å². The number of nitrogens with zero attached hydrogens (tertiary/aromatic N) is 3. The molecular formula is C28H52N4O2. The van der Waals surface area contributed by atoms with Crippen molar-refractivity contribution in [2.75, 3.05) is 35.3 Å². The van der Waals surface area contributed by atoms with Crippen molar-refractivity contribution in [3.63, 3.8) is 0 Å². The second kappa shape index (κ2) is 57.1. The van der Waals surface area contributed by atoms with Gasteiger partial charge in [-0.1, -0.05) is 114 Å². The van der Waals surface area contributed by atoms with E-state index in [0.29, 0.717) is 12.8 Å². The zero-order chi connectivity index (χ0) is 27.9. The fourth-order valence-corrected chi connectivity index (χ4v) is 1.15. The van der Waals surface area contributed by atoms with Crippen molar-refractivity contribution in [3.05, 3.63) is 72.8 Å². The van der Waals surface area contributed by atoms with Crippen molar-refractivity contribution in [2.45, 2.75) is 54.4 Å². The first-order valence-electron chi connectivity index (χ1n) is 11.6. The molecule has 0 aliphatic carbocycles. The summed E-state index contributed by atoms with van der Waals surface area (Å²) in [5.74, 6) is -0.157. The second-order valence-corrected chi connectivity index (χ2v) is 5.09. The van der Waals surface area contributed by atoms with E-state index in [2.05, 4.69) is 15.5 Å². The molecule has 196 valence electrons. The van der Waals surface area contributed by atoms with E-state index < -0.39 is 0 Å². The van der Waals surface area contributed by atoms with Gasteiger partial charge in [-0.2, -0.15) is 5.26 Å². The molecule has 0 aliphatic heterocycles. The summed E-state index contributed by atoms with van der Waals surface area (Å²) in [5, 5.41) is 7.62. The standard InChI is InChI=1S/2C6H6.C4H10N2.C4H8O2.C3H5N.2C2H6.CH5N/c2*1-2-4-6-5-3-1;1-5-4-6(2)3;1-3-4(5)6-2;1-2-3-4;3*1-2/h2*1-6H;4H,1-3H3;3H2,1-2H3;2H2,1H3;2*1-2H3;2H2,1H3. The number of carbonyl (C=O) groups is 1. The highest BCUT2D eigenvalue weighted by atomic mass is 16.5. The molecule has 2 rings (SSSR count). The molecule has 0 aromatic heterocycles. The summed E-state index contributed by atoms with van der Waals surface area (Å²) in [5.41, 5.74) is 4.50. The number of nitriles is 1. The Morgan fingerprint density at radius 2 is 1.09 bits per heavy atom. The Morgan fingerprint density at radius 3 is 1.12 bits per heavy atom. The Balaban J connectivity index is -0.0000000686. The van der Waals surface area contributed by atoms with Crippen LogP contribution in [0, 0.1) is 11.3 Å². The molecule has 2 N–H and O–H groups in total. The van der Waals surface area contributed by atoms with Crippen LogP contribution in [0.1, 0.15) is 54.4 Å². The lowest BCUT2D eigenvalue weighted by molar-refractivity contribution is -0.140. The summed E-state index contributed by atoms with van der Waals surface area (Å²) in [7, 11) is 8.51. The van der Waals surface area contributed by atoms with Gasteiger partial charge in [-0.05, 0) is 7.05 Å². The van der Waals surface area contributed by atoms with Gasteiger partial charge < -0.3 is 15.4 Å². The van der Waals surface area contributed by atoms with E-state index in [4.69, 9.17) is 5.26 Å². The molecule has 0 bridgehead atoms. The number of methoxy groups -OCH3 is 1. The smallest absolute Gasteiger partial charge is 0.305 e. The van der Waals surface area contributed by atoms with Crippen LogP contribution < -0.4 is 5.73 Å². The molecule has 0 radical (unpaired) electrons. The molecule has 0 unspecified atom stereocenters. The van der Waals surface area contributed by atoms with Crippen LogP contribution in [-0.4, -0.2) is 52.5 Å². The molecule has 2 aromatic rings. The summed E-state index contributed by atoms with van der Waals surface area (Å²) in [6, 6.07) is 25.9. The number of rotatable bonds is 2. The number of esters is 1. The molecule has 2 aromatic carbocycles. The maximum atomic E-state index is 9.96. The highest BCUT2D eigenvalue weighted by Gasteiger charge is 1.87. The molecule has 0 aliphatic rings. The summed E-state index contributed by atoms with van der Waals surface area (Å²) in [4.78, 5) is 15.6. The molecule has 0 saturated carbocycles. The van der Waals surface area contributed by atoms with Gasteiger partial charge in [0.2, 0.25) is 0 Å². The Morgan fingerprint density at radius 1 is 0.853 bits per heavy atom. The Hall–Kier alpha value is -3.17. The van der Waals surface area contributed by atoms with E-state index in [1.165, 1.54) is 14.2 Å². The number of nitrogens with two attached hydrogens (primary N) is 1. The number of hydrogen-bond acceptors (Lipinski definition) is 5. The third-order valence-electron chi connectivity index (χ3n) is 2.35. The van der Waals surface area contributed by atoms with Crippen molar-refractivity contribution in [2.24, 2.45) is 10.7 Å². The largest absolute Gasteiger partial charge is 0.469 e. The summed E-state index contributed by atoms with van der Waals surface area (Å²) < 4.78 is 4.26. The normalized spacial score (nSPS) is 7.03. The van der Waals surface area contributed by atoms with Crippen LogP contribution in [0.4, 0.5) is 0 Å². The third-order valence-corrected chi connectivity index (χ3v) is 2.35. The van der Waals surface area contributed by atoms with Gasteiger partial charge in [-0.15, -0.1) is 0 Å². The third kappa shape index (κ3) is 78.8. The van der Waals surface area contributed by atoms with Gasteiger partial charge in [0.25, 0.3) is 0 Å². The molecule has 0 saturated heterocycles. The summed E-state index contributed by atoms with van der Waals surface area (Å²) >= 11 is 0. The number of ether oxygens (including phenoxy) is 1. The Labute approximate surface area is 211 Å². The van der Waals surface area contributed by atoms with Crippen LogP contribution in [0.25, 0.3) is 0 Å². The monoisotopic (exact) mass is 476 g/mol. The quantitative estimate of drug-likeness (QED) is 0.296. The first-order valence-corrected chi connectivity index (χ1v) is 11.6. The van der Waals surface area contributed by atoms with E-state index in [0.717, 1.165) is 0 Å². The molecule has 34 heavy (non-hydrogen) atoms. The zero-order valence-corrected chi connectivity index (χ0v) is 23.7. The SMILES string of the molecule is CC.CC.CCC#N.CCC(=O)OC.CN.CN=CN(C)C.c1ccccc1.c1ccccc1. The highest BCUT2D eigenvalue weighted by Crippen LogP contribution is 1.80. The predicted octanol–water partition coefficient (Wildman–Crippen LogP) is 6.70. The van der Waals surface area contributed by atoms with Crippen LogP contribution in [0.15, 0.2) is 77.8 Å². The molecule has 6 nitrogen and oxygen atoms in total. The number of hydrogen-bond donors (Lipinski definition) is 1. The number of benzene rings is 2. The lowest BCUT2D eigenvalue weighted by Gasteiger charge is -1.98. The second-order valence-electron chi connectivity index (χ2n) is 5.09. The van der Waals surface area contributed by atoms with Crippen molar-refractivity contribution in [1.82, 2.24) is 4.90 Å². The topological polar surface area (TPSA) is 91.7 Å². The minimum atomic E-state index is -0.157. The first kappa shape index (κ1) is 44.5. The maximum Gasteiger partial charge on any atom is 0.305 e. The van der Waals surface area contributed by atoms with Gasteiger partial charge in [0, 0.05) is 34.0 Å². The lowest BCUT2D eigenvalue weighted by Crippen LogP contribution is -2.06. The summed E-state index contributed by atoms with van der Waals surface area (Å²) in [6.07, 6.45) is 2.84. The van der Waals surface area contributed by atoms with Crippen molar-refractivity contribution in [1.29, 1.82) is 5.26 Å². The predicted molar refractivity (Wildman–Crippen MR) is 152 cm³/mol. The van der Waals surface area contributed by atoms with Crippen LogP contribution in [0.3, 0.4) is 0 Å². The van der Waals surface area contributed by atoms with E-state index >= 15 is 0 Å². The van der Waals surface area contributed by atoms with Crippen LogP contribution in [0.5, 0.6) is 0 Å². The summed E-state index contributed by atoms with van der Waals surface area (Å²) in [6.45, 7) is 11.6. The van der Waals surface area contributed by atoms with Gasteiger partial charge in [-0.25, -0.2) is 0 Å². The zero-order valence-electron chi connectivity index (χ0n) is 23.7. The van der Waals surface area contributed by atoms with E-state index in [1.807, 2.05) is 132 Å². The van der Waals surface area contributed by atoms with E-state index in [9.17, 15) is 4.79 Å². The minimum Gasteiger partial charge on any atom is -0.469 e. The van der Waals surface area contributed by atoms with E-state index in [-0.39, 0.29) is 5.97 Å². The van der Waals surface area contributed by atoms with Crippen LogP contribution in [-0.2, 0) is 9.53 Å². The first-order chi connectivity index (χ1) is 16.5. The molecule has 0 amide bonds. The van der Waals surface area contributed by atoms with Gasteiger partial charge in [0.1, 0.15) is 0 Å². The Bertz CT molecular complexity index is 493. The van der Waals surface area contributed by atoms with E-state index in [1.54, 1.807) is 20.3 Å². The van der Waals surface area contributed by atoms with Gasteiger partial charge >= 0.3 is 5.97 Å². The van der Waals surface area contributed by atoms with Gasteiger partial charge in [0.05, 0.1) is 19.5 Å². The van der Waals surface area contributed by atoms with Crippen LogP contribution >= 0.6 is 0 Å². The van der Waals surface area contributed by atoms with Crippen molar-refractivity contribution >= 4 is 12.3 Å².